The van der Waals surface area contributed by atoms with Gasteiger partial charge in [-0.25, -0.2) is 0 Å². The minimum atomic E-state index is 0.0897. The SMILES string of the molecule is COc1cccc2cc(CNC(CCO)C(C)(C)C)oc12. The first-order chi connectivity index (χ1) is 9.95. The first kappa shape index (κ1) is 15.9. The molecule has 0 amide bonds. The Labute approximate surface area is 126 Å². The molecule has 2 N–H and O–H groups in total. The quantitative estimate of drug-likeness (QED) is 0.857. The van der Waals surface area contributed by atoms with E-state index in [9.17, 15) is 5.11 Å². The molecule has 2 rings (SSSR count). The maximum absolute atomic E-state index is 9.20. The number of hydrogen-bond donors (Lipinski definition) is 2. The molecule has 0 aliphatic carbocycles. The van der Waals surface area contributed by atoms with Crippen molar-refractivity contribution in [2.45, 2.75) is 39.8 Å². The summed E-state index contributed by atoms with van der Waals surface area (Å²) in [6.45, 7) is 7.33. The van der Waals surface area contributed by atoms with Crippen molar-refractivity contribution in [2.75, 3.05) is 13.7 Å². The number of methoxy groups -OCH3 is 1. The van der Waals surface area contributed by atoms with Gasteiger partial charge in [0.05, 0.1) is 13.7 Å². The maximum atomic E-state index is 9.20. The van der Waals surface area contributed by atoms with Gasteiger partial charge in [0.2, 0.25) is 0 Å². The Hall–Kier alpha value is -1.52. The molecule has 1 aromatic heterocycles. The molecule has 0 aliphatic heterocycles. The summed E-state index contributed by atoms with van der Waals surface area (Å²) in [6, 6.07) is 8.13. The van der Waals surface area contributed by atoms with Gasteiger partial charge in [-0.15, -0.1) is 0 Å². The highest BCUT2D eigenvalue weighted by atomic mass is 16.5. The Morgan fingerprint density at radius 3 is 2.71 bits per heavy atom. The lowest BCUT2D eigenvalue weighted by Gasteiger charge is -2.31. The molecule has 0 bridgehead atoms. The number of para-hydroxylation sites is 1. The maximum Gasteiger partial charge on any atom is 0.176 e. The molecule has 0 saturated heterocycles. The number of aliphatic hydroxyl groups is 1. The Morgan fingerprint density at radius 2 is 2.10 bits per heavy atom. The number of furan rings is 1. The number of benzene rings is 1. The van der Waals surface area contributed by atoms with Crippen LogP contribution in [0.15, 0.2) is 28.7 Å². The molecule has 0 saturated carbocycles. The summed E-state index contributed by atoms with van der Waals surface area (Å²) in [4.78, 5) is 0. The summed E-state index contributed by atoms with van der Waals surface area (Å²) in [5, 5.41) is 13.7. The molecule has 116 valence electrons. The van der Waals surface area contributed by atoms with Gasteiger partial charge in [-0.3, -0.25) is 0 Å². The van der Waals surface area contributed by atoms with Crippen LogP contribution in [0.2, 0.25) is 0 Å². The normalized spacial score (nSPS) is 13.6. The van der Waals surface area contributed by atoms with Gasteiger partial charge < -0.3 is 19.6 Å². The molecule has 21 heavy (non-hydrogen) atoms. The predicted molar refractivity (Wildman–Crippen MR) is 84.6 cm³/mol. The second kappa shape index (κ2) is 6.50. The van der Waals surface area contributed by atoms with Crippen LogP contribution in [-0.4, -0.2) is 24.9 Å². The van der Waals surface area contributed by atoms with Gasteiger partial charge in [0.15, 0.2) is 11.3 Å². The molecule has 1 heterocycles. The topological polar surface area (TPSA) is 54.6 Å². The minimum absolute atomic E-state index is 0.0897. The molecule has 0 fully saturated rings. The zero-order valence-electron chi connectivity index (χ0n) is 13.3. The highest BCUT2D eigenvalue weighted by molar-refractivity contribution is 5.83. The van der Waals surface area contributed by atoms with Crippen LogP contribution in [-0.2, 0) is 6.54 Å². The lowest BCUT2D eigenvalue weighted by Crippen LogP contribution is -2.40. The van der Waals surface area contributed by atoms with Crippen LogP contribution in [0.3, 0.4) is 0 Å². The summed E-state index contributed by atoms with van der Waals surface area (Å²) in [6.07, 6.45) is 0.729. The molecular formula is C17H25NO3. The Balaban J connectivity index is 2.13. The van der Waals surface area contributed by atoms with Crippen LogP contribution in [0.25, 0.3) is 11.0 Å². The summed E-state index contributed by atoms with van der Waals surface area (Å²) < 4.78 is 11.2. The first-order valence-corrected chi connectivity index (χ1v) is 7.35. The van der Waals surface area contributed by atoms with E-state index in [4.69, 9.17) is 9.15 Å². The van der Waals surface area contributed by atoms with E-state index < -0.39 is 0 Å². The van der Waals surface area contributed by atoms with E-state index in [1.807, 2.05) is 24.3 Å². The Bertz CT molecular complexity index is 583. The third kappa shape index (κ3) is 3.77. The van der Waals surface area contributed by atoms with Gasteiger partial charge >= 0.3 is 0 Å². The van der Waals surface area contributed by atoms with E-state index in [0.717, 1.165) is 28.9 Å². The van der Waals surface area contributed by atoms with E-state index in [1.54, 1.807) is 7.11 Å². The molecule has 0 aliphatic rings. The van der Waals surface area contributed by atoms with Crippen molar-refractivity contribution < 1.29 is 14.3 Å². The number of fused-ring (bicyclic) bond motifs is 1. The lowest BCUT2D eigenvalue weighted by molar-refractivity contribution is 0.194. The fourth-order valence-electron chi connectivity index (χ4n) is 2.53. The second-order valence-corrected chi connectivity index (χ2v) is 6.40. The summed E-state index contributed by atoms with van der Waals surface area (Å²) >= 11 is 0. The van der Waals surface area contributed by atoms with Crippen molar-refractivity contribution in [3.8, 4) is 5.75 Å². The van der Waals surface area contributed by atoms with Gasteiger partial charge in [0, 0.05) is 18.0 Å². The van der Waals surface area contributed by atoms with Crippen LogP contribution >= 0.6 is 0 Å². The number of aliphatic hydroxyl groups excluding tert-OH is 1. The van der Waals surface area contributed by atoms with E-state index in [-0.39, 0.29) is 18.1 Å². The third-order valence-electron chi connectivity index (χ3n) is 3.76. The zero-order valence-corrected chi connectivity index (χ0v) is 13.3. The first-order valence-electron chi connectivity index (χ1n) is 7.35. The molecule has 4 heteroatoms. The van der Waals surface area contributed by atoms with E-state index in [0.29, 0.717) is 6.54 Å². The minimum Gasteiger partial charge on any atom is -0.493 e. The average Bonchev–Trinajstić information content (AvgIpc) is 2.84. The fourth-order valence-corrected chi connectivity index (χ4v) is 2.53. The van der Waals surface area contributed by atoms with Gasteiger partial charge in [0.25, 0.3) is 0 Å². The van der Waals surface area contributed by atoms with Crippen LogP contribution < -0.4 is 10.1 Å². The van der Waals surface area contributed by atoms with Crippen LogP contribution in [0, 0.1) is 5.41 Å². The summed E-state index contributed by atoms with van der Waals surface area (Å²) in [7, 11) is 1.64. The monoisotopic (exact) mass is 291 g/mol. The average molecular weight is 291 g/mol. The van der Waals surface area contributed by atoms with Crippen molar-refractivity contribution in [1.82, 2.24) is 5.32 Å². The second-order valence-electron chi connectivity index (χ2n) is 6.40. The standard InChI is InChI=1S/C17H25NO3/c1-17(2,3)15(8-9-19)18-11-13-10-12-6-5-7-14(20-4)16(12)21-13/h5-7,10,15,18-19H,8-9,11H2,1-4H3. The number of hydrogen-bond acceptors (Lipinski definition) is 4. The van der Waals surface area contributed by atoms with Gasteiger partial charge in [-0.2, -0.15) is 0 Å². The Morgan fingerprint density at radius 1 is 1.33 bits per heavy atom. The summed E-state index contributed by atoms with van der Waals surface area (Å²) in [5.74, 6) is 1.63. The van der Waals surface area contributed by atoms with Crippen molar-refractivity contribution in [2.24, 2.45) is 5.41 Å². The molecule has 1 unspecified atom stereocenters. The molecule has 4 nitrogen and oxygen atoms in total. The molecule has 0 radical (unpaired) electrons. The Kier molecular flexibility index (Phi) is 4.91. The van der Waals surface area contributed by atoms with Gasteiger partial charge in [0.1, 0.15) is 5.76 Å². The van der Waals surface area contributed by atoms with E-state index in [2.05, 4.69) is 26.1 Å². The molecular weight excluding hydrogens is 266 g/mol. The number of nitrogens with one attached hydrogen (secondary N) is 1. The van der Waals surface area contributed by atoms with Crippen molar-refractivity contribution in [3.63, 3.8) is 0 Å². The van der Waals surface area contributed by atoms with Crippen molar-refractivity contribution >= 4 is 11.0 Å². The molecule has 0 spiro atoms. The fraction of sp³-hybridized carbons (Fsp3) is 0.529. The van der Waals surface area contributed by atoms with Gasteiger partial charge in [-0.1, -0.05) is 32.9 Å². The van der Waals surface area contributed by atoms with Crippen LogP contribution in [0.5, 0.6) is 5.75 Å². The summed E-state index contributed by atoms with van der Waals surface area (Å²) in [5.41, 5.74) is 0.873. The van der Waals surface area contributed by atoms with Crippen LogP contribution in [0.1, 0.15) is 33.0 Å². The number of ether oxygens (including phenoxy) is 1. The van der Waals surface area contributed by atoms with E-state index in [1.165, 1.54) is 0 Å². The highest BCUT2D eigenvalue weighted by Crippen LogP contribution is 2.29. The molecule has 1 atom stereocenters. The predicted octanol–water partition coefficient (Wildman–Crippen LogP) is 3.33. The number of rotatable bonds is 6. The largest absolute Gasteiger partial charge is 0.493 e. The van der Waals surface area contributed by atoms with Crippen molar-refractivity contribution in [1.29, 1.82) is 0 Å². The van der Waals surface area contributed by atoms with Crippen LogP contribution in [0.4, 0.5) is 0 Å². The smallest absolute Gasteiger partial charge is 0.176 e. The molecule has 1 aromatic carbocycles. The molecule has 2 aromatic rings. The highest BCUT2D eigenvalue weighted by Gasteiger charge is 2.23. The zero-order chi connectivity index (χ0) is 15.5. The van der Waals surface area contributed by atoms with E-state index >= 15 is 0 Å². The van der Waals surface area contributed by atoms with Crippen molar-refractivity contribution in [3.05, 3.63) is 30.0 Å². The third-order valence-corrected chi connectivity index (χ3v) is 3.76. The van der Waals surface area contributed by atoms with Gasteiger partial charge in [-0.05, 0) is 24.0 Å². The lowest BCUT2D eigenvalue weighted by atomic mass is 9.85.